The van der Waals surface area contributed by atoms with Crippen molar-refractivity contribution in [3.8, 4) is 17.2 Å². The number of carbonyl (C=O) groups excluding carboxylic acids is 1. The Morgan fingerprint density at radius 3 is 2.71 bits per heavy atom. The normalized spacial score (nSPS) is 15.4. The van der Waals surface area contributed by atoms with Gasteiger partial charge in [0.15, 0.2) is 11.5 Å². The lowest BCUT2D eigenvalue weighted by Gasteiger charge is -2.22. The fourth-order valence-corrected chi connectivity index (χ4v) is 3.04. The monoisotopic (exact) mass is 379 g/mol. The van der Waals surface area contributed by atoms with Crippen LogP contribution in [0.4, 0.5) is 0 Å². The minimum atomic E-state index is -0.132. The molecule has 28 heavy (non-hydrogen) atoms. The van der Waals surface area contributed by atoms with Crippen LogP contribution in [-0.2, 0) is 11.2 Å². The van der Waals surface area contributed by atoms with Crippen LogP contribution in [0.25, 0.3) is 6.08 Å². The molecule has 5 heteroatoms. The largest absolute Gasteiger partial charge is 0.493 e. The second-order valence-corrected chi connectivity index (χ2v) is 6.51. The van der Waals surface area contributed by atoms with Crippen LogP contribution in [0.5, 0.6) is 17.2 Å². The summed E-state index contributed by atoms with van der Waals surface area (Å²) in [6.07, 6.45) is 6.03. The maximum atomic E-state index is 12.1. The molecule has 1 aliphatic heterocycles. The third-order valence-corrected chi connectivity index (χ3v) is 4.60. The standard InChI is InChI=1S/C23H25NO4/c1-16-18(15-19-6-4-5-7-20(19)28-16)9-11-23(25)24-13-12-17-8-10-21(26-2)22(14-17)27-3/h4-11,14-16H,12-13H2,1-3H3,(H,24,25). The molecule has 0 aliphatic carbocycles. The molecule has 3 rings (SSSR count). The van der Waals surface area contributed by atoms with E-state index in [2.05, 4.69) is 11.4 Å². The summed E-state index contributed by atoms with van der Waals surface area (Å²) >= 11 is 0. The molecule has 1 amide bonds. The first-order valence-electron chi connectivity index (χ1n) is 9.25. The van der Waals surface area contributed by atoms with Gasteiger partial charge in [-0.05, 0) is 54.8 Å². The van der Waals surface area contributed by atoms with Crippen LogP contribution in [-0.4, -0.2) is 32.8 Å². The molecule has 1 aliphatic rings. The fourth-order valence-electron chi connectivity index (χ4n) is 3.04. The molecular formula is C23H25NO4. The smallest absolute Gasteiger partial charge is 0.244 e. The van der Waals surface area contributed by atoms with Crippen molar-refractivity contribution in [2.45, 2.75) is 19.4 Å². The highest BCUT2D eigenvalue weighted by Crippen LogP contribution is 2.30. The predicted molar refractivity (Wildman–Crippen MR) is 110 cm³/mol. The molecule has 0 saturated heterocycles. The van der Waals surface area contributed by atoms with E-state index in [-0.39, 0.29) is 12.0 Å². The number of methoxy groups -OCH3 is 2. The summed E-state index contributed by atoms with van der Waals surface area (Å²) in [5, 5.41) is 2.90. The molecule has 146 valence electrons. The molecule has 5 nitrogen and oxygen atoms in total. The van der Waals surface area contributed by atoms with E-state index >= 15 is 0 Å². The first-order valence-corrected chi connectivity index (χ1v) is 9.25. The average molecular weight is 379 g/mol. The van der Waals surface area contributed by atoms with E-state index < -0.39 is 0 Å². The summed E-state index contributed by atoms with van der Waals surface area (Å²) in [4.78, 5) is 12.1. The second kappa shape index (κ2) is 9.13. The Morgan fingerprint density at radius 2 is 1.93 bits per heavy atom. The van der Waals surface area contributed by atoms with Crippen LogP contribution in [0.15, 0.2) is 60.2 Å². The van der Waals surface area contributed by atoms with Gasteiger partial charge < -0.3 is 19.5 Å². The third kappa shape index (κ3) is 4.74. The first kappa shape index (κ1) is 19.5. The van der Waals surface area contributed by atoms with Gasteiger partial charge in [-0.25, -0.2) is 0 Å². The van der Waals surface area contributed by atoms with Gasteiger partial charge in [0.25, 0.3) is 0 Å². The molecule has 2 aromatic rings. The van der Waals surface area contributed by atoms with Gasteiger partial charge in [0.2, 0.25) is 5.91 Å². The average Bonchev–Trinajstić information content (AvgIpc) is 2.72. The predicted octanol–water partition coefficient (Wildman–Crippen LogP) is 3.78. The quantitative estimate of drug-likeness (QED) is 0.744. The van der Waals surface area contributed by atoms with E-state index in [1.165, 1.54) is 0 Å². The van der Waals surface area contributed by atoms with Crippen LogP contribution < -0.4 is 19.5 Å². The Bertz CT molecular complexity index is 901. The number of hydrogen-bond donors (Lipinski definition) is 1. The molecule has 0 spiro atoms. The van der Waals surface area contributed by atoms with Crippen molar-refractivity contribution in [3.05, 3.63) is 71.3 Å². The van der Waals surface area contributed by atoms with Gasteiger partial charge in [0, 0.05) is 18.2 Å². The highest BCUT2D eigenvalue weighted by molar-refractivity contribution is 5.88. The number of rotatable bonds is 7. The summed E-state index contributed by atoms with van der Waals surface area (Å²) in [7, 11) is 3.22. The van der Waals surface area contributed by atoms with Crippen LogP contribution in [0, 0.1) is 0 Å². The maximum Gasteiger partial charge on any atom is 0.244 e. The lowest BCUT2D eigenvalue weighted by molar-refractivity contribution is -0.116. The molecule has 0 aromatic heterocycles. The van der Waals surface area contributed by atoms with Gasteiger partial charge in [-0.2, -0.15) is 0 Å². The van der Waals surface area contributed by atoms with E-state index in [0.29, 0.717) is 24.5 Å². The Hall–Kier alpha value is -3.21. The third-order valence-electron chi connectivity index (χ3n) is 4.60. The topological polar surface area (TPSA) is 56.8 Å². The van der Waals surface area contributed by atoms with E-state index in [1.54, 1.807) is 20.3 Å². The number of benzene rings is 2. The van der Waals surface area contributed by atoms with Crippen LogP contribution in [0.2, 0.25) is 0 Å². The molecule has 1 unspecified atom stereocenters. The SMILES string of the molecule is COc1ccc(CCNC(=O)C=CC2=Cc3ccccc3OC2C)cc1OC. The van der Waals surface area contributed by atoms with Crippen molar-refractivity contribution < 1.29 is 19.0 Å². The summed E-state index contributed by atoms with van der Waals surface area (Å²) < 4.78 is 16.4. The zero-order valence-electron chi connectivity index (χ0n) is 16.4. The Labute approximate surface area is 165 Å². The van der Waals surface area contributed by atoms with Crippen LogP contribution in [0.3, 0.4) is 0 Å². The zero-order valence-corrected chi connectivity index (χ0v) is 16.4. The van der Waals surface area contributed by atoms with E-state index in [1.807, 2.05) is 55.5 Å². The summed E-state index contributed by atoms with van der Waals surface area (Å²) in [5.41, 5.74) is 3.05. The fraction of sp³-hybridized carbons (Fsp3) is 0.261. The number of carbonyl (C=O) groups is 1. The van der Waals surface area contributed by atoms with Gasteiger partial charge in [0.1, 0.15) is 11.9 Å². The number of fused-ring (bicyclic) bond motifs is 1. The Balaban J connectivity index is 1.54. The second-order valence-electron chi connectivity index (χ2n) is 6.51. The van der Waals surface area contributed by atoms with Gasteiger partial charge in [-0.15, -0.1) is 0 Å². The highest BCUT2D eigenvalue weighted by Gasteiger charge is 2.16. The zero-order chi connectivity index (χ0) is 19.9. The minimum absolute atomic E-state index is 0.0919. The number of nitrogens with one attached hydrogen (secondary N) is 1. The molecule has 1 N–H and O–H groups in total. The molecule has 0 saturated carbocycles. The molecule has 0 radical (unpaired) electrons. The summed E-state index contributed by atoms with van der Waals surface area (Å²) in [6.45, 7) is 2.51. The molecule has 2 aromatic carbocycles. The van der Waals surface area contributed by atoms with Crippen molar-refractivity contribution in [2.24, 2.45) is 0 Å². The Morgan fingerprint density at radius 1 is 1.14 bits per heavy atom. The Kier molecular flexibility index (Phi) is 6.37. The number of para-hydroxylation sites is 1. The van der Waals surface area contributed by atoms with Crippen LogP contribution >= 0.6 is 0 Å². The van der Waals surface area contributed by atoms with Gasteiger partial charge in [0.05, 0.1) is 14.2 Å². The lowest BCUT2D eigenvalue weighted by atomic mass is 10.0. The molecular weight excluding hydrogens is 354 g/mol. The van der Waals surface area contributed by atoms with Crippen molar-refractivity contribution in [1.29, 1.82) is 0 Å². The summed E-state index contributed by atoms with van der Waals surface area (Å²) in [5.74, 6) is 2.11. The number of ether oxygens (including phenoxy) is 3. The minimum Gasteiger partial charge on any atom is -0.493 e. The summed E-state index contributed by atoms with van der Waals surface area (Å²) in [6, 6.07) is 13.6. The molecule has 0 fully saturated rings. The van der Waals surface area contributed by atoms with Crippen molar-refractivity contribution >= 4 is 12.0 Å². The van der Waals surface area contributed by atoms with E-state index in [0.717, 1.165) is 22.4 Å². The number of amides is 1. The van der Waals surface area contributed by atoms with Crippen molar-refractivity contribution in [1.82, 2.24) is 5.32 Å². The highest BCUT2D eigenvalue weighted by atomic mass is 16.5. The first-order chi connectivity index (χ1) is 13.6. The molecule has 0 bridgehead atoms. The van der Waals surface area contributed by atoms with Gasteiger partial charge >= 0.3 is 0 Å². The van der Waals surface area contributed by atoms with E-state index in [9.17, 15) is 4.79 Å². The van der Waals surface area contributed by atoms with Crippen molar-refractivity contribution in [3.63, 3.8) is 0 Å². The van der Waals surface area contributed by atoms with Gasteiger partial charge in [-0.3, -0.25) is 4.79 Å². The van der Waals surface area contributed by atoms with Gasteiger partial charge in [-0.1, -0.05) is 24.3 Å². The van der Waals surface area contributed by atoms with Crippen molar-refractivity contribution in [2.75, 3.05) is 20.8 Å². The lowest BCUT2D eigenvalue weighted by Crippen LogP contribution is -2.24. The van der Waals surface area contributed by atoms with E-state index in [4.69, 9.17) is 14.2 Å². The maximum absolute atomic E-state index is 12.1. The molecule has 1 atom stereocenters. The number of hydrogen-bond acceptors (Lipinski definition) is 4. The van der Waals surface area contributed by atoms with Crippen LogP contribution in [0.1, 0.15) is 18.1 Å². The molecule has 1 heterocycles.